The lowest BCUT2D eigenvalue weighted by atomic mass is 9.95. The molecule has 0 spiro atoms. The van der Waals surface area contributed by atoms with E-state index in [-0.39, 0.29) is 0 Å². The molecule has 0 heterocycles. The lowest BCUT2D eigenvalue weighted by Crippen LogP contribution is -2.24. The van der Waals surface area contributed by atoms with Crippen LogP contribution in [0.15, 0.2) is 12.2 Å². The summed E-state index contributed by atoms with van der Waals surface area (Å²) < 4.78 is 6.39. The maximum atomic E-state index is 6.39. The van der Waals surface area contributed by atoms with Crippen LogP contribution in [0.4, 0.5) is 0 Å². The zero-order valence-corrected chi connectivity index (χ0v) is 13.4. The average Bonchev–Trinajstić information content (AvgIpc) is 3.00. The van der Waals surface area contributed by atoms with Crippen LogP contribution in [0.2, 0.25) is 12.1 Å². The van der Waals surface area contributed by atoms with Gasteiger partial charge in [-0.1, -0.05) is 51.7 Å². The van der Waals surface area contributed by atoms with Crippen LogP contribution >= 0.6 is 0 Å². The van der Waals surface area contributed by atoms with E-state index in [2.05, 4.69) is 26.0 Å². The highest BCUT2D eigenvalue weighted by atomic mass is 28.3. The van der Waals surface area contributed by atoms with Gasteiger partial charge in [-0.25, -0.2) is 0 Å². The van der Waals surface area contributed by atoms with Gasteiger partial charge in [0.05, 0.1) is 0 Å². The second kappa shape index (κ2) is 7.49. The van der Waals surface area contributed by atoms with Gasteiger partial charge in [-0.05, 0) is 42.7 Å². The van der Waals surface area contributed by atoms with Crippen molar-refractivity contribution in [1.82, 2.24) is 0 Å². The van der Waals surface area contributed by atoms with Crippen LogP contribution in [0.25, 0.3) is 0 Å². The third kappa shape index (κ3) is 3.96. The second-order valence-corrected chi connectivity index (χ2v) is 9.01. The van der Waals surface area contributed by atoms with Crippen molar-refractivity contribution in [1.29, 1.82) is 0 Å². The molecule has 0 aromatic heterocycles. The van der Waals surface area contributed by atoms with Crippen LogP contribution < -0.4 is 0 Å². The van der Waals surface area contributed by atoms with Gasteiger partial charge in [-0.2, -0.15) is 0 Å². The van der Waals surface area contributed by atoms with Crippen LogP contribution in [0, 0.1) is 17.8 Å². The zero-order valence-electron chi connectivity index (χ0n) is 12.2. The molecule has 1 saturated carbocycles. The van der Waals surface area contributed by atoms with Gasteiger partial charge >= 0.3 is 0 Å². The molecule has 1 fully saturated rings. The maximum Gasteiger partial charge on any atom is 0.176 e. The molecule has 2 aliphatic carbocycles. The van der Waals surface area contributed by atoms with E-state index in [9.17, 15) is 0 Å². The summed E-state index contributed by atoms with van der Waals surface area (Å²) in [5.74, 6) is 2.62. The van der Waals surface area contributed by atoms with Gasteiger partial charge in [-0.3, -0.25) is 0 Å². The number of rotatable bonds is 9. The first-order valence-electron chi connectivity index (χ1n) is 8.13. The Labute approximate surface area is 115 Å². The van der Waals surface area contributed by atoms with Gasteiger partial charge < -0.3 is 4.43 Å². The highest BCUT2D eigenvalue weighted by Crippen LogP contribution is 2.43. The van der Waals surface area contributed by atoms with Crippen molar-refractivity contribution in [2.75, 3.05) is 6.61 Å². The first-order valence-corrected chi connectivity index (χ1v) is 10.2. The van der Waals surface area contributed by atoms with Crippen molar-refractivity contribution in [2.45, 2.75) is 64.5 Å². The number of fused-ring (bicyclic) bond motifs is 2. The van der Waals surface area contributed by atoms with E-state index in [1.54, 1.807) is 0 Å². The Morgan fingerprint density at radius 2 is 1.78 bits per heavy atom. The number of hydrogen-bond donors (Lipinski definition) is 0. The monoisotopic (exact) mass is 266 g/mol. The Kier molecular flexibility index (Phi) is 5.96. The quantitative estimate of drug-likeness (QED) is 0.440. The predicted molar refractivity (Wildman–Crippen MR) is 81.4 cm³/mol. The molecule has 0 aromatic carbocycles. The molecule has 2 bridgehead atoms. The second-order valence-electron chi connectivity index (χ2n) is 6.28. The standard InChI is InChI=1S/C16H30OSi/c1-3-5-9-18(10-6-4-2)17-13-16-12-14-7-8-15(16)11-14/h7-8,14-16,18H,3-6,9-13H2,1-2H3. The summed E-state index contributed by atoms with van der Waals surface area (Å²) in [4.78, 5) is 0. The molecule has 2 rings (SSSR count). The van der Waals surface area contributed by atoms with Gasteiger partial charge in [0.25, 0.3) is 0 Å². The van der Waals surface area contributed by atoms with Gasteiger partial charge in [0.15, 0.2) is 9.04 Å². The van der Waals surface area contributed by atoms with Gasteiger partial charge in [-0.15, -0.1) is 0 Å². The minimum atomic E-state index is -0.873. The van der Waals surface area contributed by atoms with Crippen molar-refractivity contribution < 1.29 is 4.43 Å². The Morgan fingerprint density at radius 3 is 2.28 bits per heavy atom. The van der Waals surface area contributed by atoms with E-state index >= 15 is 0 Å². The Hall–Kier alpha value is -0.0831. The van der Waals surface area contributed by atoms with Crippen molar-refractivity contribution >= 4 is 9.04 Å². The van der Waals surface area contributed by atoms with Crippen LogP contribution in [0.5, 0.6) is 0 Å². The Balaban J connectivity index is 1.69. The van der Waals surface area contributed by atoms with Crippen molar-refractivity contribution in [3.63, 3.8) is 0 Å². The third-order valence-corrected chi connectivity index (χ3v) is 7.49. The van der Waals surface area contributed by atoms with E-state index in [0.29, 0.717) is 0 Å². The van der Waals surface area contributed by atoms with Gasteiger partial charge in [0.1, 0.15) is 0 Å². The number of allylic oxidation sites excluding steroid dienone is 2. The predicted octanol–water partition coefficient (Wildman–Crippen LogP) is 4.54. The van der Waals surface area contributed by atoms with Crippen molar-refractivity contribution in [2.24, 2.45) is 17.8 Å². The first-order chi connectivity index (χ1) is 8.83. The summed E-state index contributed by atoms with van der Waals surface area (Å²) in [5, 5.41) is 0. The minimum Gasteiger partial charge on any atom is -0.420 e. The highest BCUT2D eigenvalue weighted by Gasteiger charge is 2.35. The first kappa shape index (κ1) is 14.3. The van der Waals surface area contributed by atoms with Crippen LogP contribution in [0.1, 0.15) is 52.4 Å². The lowest BCUT2D eigenvalue weighted by molar-refractivity contribution is 0.225. The Morgan fingerprint density at radius 1 is 1.06 bits per heavy atom. The third-order valence-electron chi connectivity index (χ3n) is 4.72. The normalized spacial score (nSPS) is 29.6. The molecule has 0 amide bonds. The smallest absolute Gasteiger partial charge is 0.176 e. The topological polar surface area (TPSA) is 9.23 Å². The molecule has 3 unspecified atom stereocenters. The molecule has 3 atom stereocenters. The molecule has 0 N–H and O–H groups in total. The largest absolute Gasteiger partial charge is 0.420 e. The van der Waals surface area contributed by atoms with E-state index in [1.807, 2.05) is 0 Å². The molecule has 0 radical (unpaired) electrons. The summed E-state index contributed by atoms with van der Waals surface area (Å²) in [6, 6.07) is 2.82. The fourth-order valence-electron chi connectivity index (χ4n) is 3.52. The van der Waals surface area contributed by atoms with E-state index < -0.39 is 9.04 Å². The van der Waals surface area contributed by atoms with E-state index in [4.69, 9.17) is 4.43 Å². The molecule has 1 nitrogen and oxygen atoms in total. The summed E-state index contributed by atoms with van der Waals surface area (Å²) in [7, 11) is -0.873. The van der Waals surface area contributed by atoms with Crippen LogP contribution in [-0.4, -0.2) is 15.6 Å². The molecule has 0 aliphatic heterocycles. The van der Waals surface area contributed by atoms with Crippen molar-refractivity contribution in [3.8, 4) is 0 Å². The van der Waals surface area contributed by atoms with Crippen LogP contribution in [0.3, 0.4) is 0 Å². The summed E-state index contributed by atoms with van der Waals surface area (Å²) in [6.07, 6.45) is 13.1. The van der Waals surface area contributed by atoms with Crippen LogP contribution in [-0.2, 0) is 4.43 Å². The number of hydrogen-bond acceptors (Lipinski definition) is 1. The minimum absolute atomic E-state index is 0.859. The molecule has 18 heavy (non-hydrogen) atoms. The fraction of sp³-hybridized carbons (Fsp3) is 0.875. The molecular weight excluding hydrogens is 236 g/mol. The fourth-order valence-corrected chi connectivity index (χ4v) is 6.39. The Bertz CT molecular complexity index is 256. The maximum absolute atomic E-state index is 6.39. The molecule has 0 aromatic rings. The summed E-state index contributed by atoms with van der Waals surface area (Å²) in [5.41, 5.74) is 0. The molecule has 2 aliphatic rings. The summed E-state index contributed by atoms with van der Waals surface area (Å²) >= 11 is 0. The number of unbranched alkanes of at least 4 members (excludes halogenated alkanes) is 2. The van der Waals surface area contributed by atoms with Gasteiger partial charge in [0, 0.05) is 6.61 Å². The van der Waals surface area contributed by atoms with Gasteiger partial charge in [0.2, 0.25) is 0 Å². The molecule has 2 heteroatoms. The average molecular weight is 267 g/mol. The van der Waals surface area contributed by atoms with Crippen molar-refractivity contribution in [3.05, 3.63) is 12.2 Å². The lowest BCUT2D eigenvalue weighted by Gasteiger charge is -2.22. The van der Waals surface area contributed by atoms with E-state index in [1.165, 1.54) is 50.6 Å². The van der Waals surface area contributed by atoms with E-state index in [0.717, 1.165) is 24.4 Å². The molecule has 0 saturated heterocycles. The highest BCUT2D eigenvalue weighted by molar-refractivity contribution is 6.51. The SMILES string of the molecule is CCCC[SiH](CCCC)OCC1CC2C=CC1C2. The molecule has 104 valence electrons. The molecular formula is C16H30OSi. The zero-order chi connectivity index (χ0) is 12.8. The summed E-state index contributed by atoms with van der Waals surface area (Å²) in [6.45, 7) is 5.67.